The first-order valence-corrected chi connectivity index (χ1v) is 7.06. The quantitative estimate of drug-likeness (QED) is 0.815. The minimum absolute atomic E-state index is 0.00773. The Morgan fingerprint density at radius 1 is 1.28 bits per heavy atom. The molecule has 1 heterocycles. The second-order valence-corrected chi connectivity index (χ2v) is 5.52. The summed E-state index contributed by atoms with van der Waals surface area (Å²) in [5.74, 6) is 0.201. The molecule has 0 aromatic carbocycles. The SMILES string of the molecule is CCCC(CC)N1C(=O)C(C)NC(=O)C1C(C)C. The topological polar surface area (TPSA) is 49.4 Å². The van der Waals surface area contributed by atoms with Gasteiger partial charge in [-0.1, -0.05) is 34.1 Å². The van der Waals surface area contributed by atoms with Crippen LogP contribution >= 0.6 is 0 Å². The van der Waals surface area contributed by atoms with Crippen LogP contribution in [-0.4, -0.2) is 34.8 Å². The third-order valence-corrected chi connectivity index (χ3v) is 3.67. The van der Waals surface area contributed by atoms with Gasteiger partial charge in [-0.05, 0) is 25.7 Å². The molecule has 0 aliphatic carbocycles. The number of carbonyl (C=O) groups is 2. The molecule has 3 unspecified atom stereocenters. The van der Waals surface area contributed by atoms with Crippen LogP contribution in [0, 0.1) is 5.92 Å². The van der Waals surface area contributed by atoms with Crippen LogP contribution in [0.5, 0.6) is 0 Å². The van der Waals surface area contributed by atoms with Crippen molar-refractivity contribution in [1.82, 2.24) is 10.2 Å². The van der Waals surface area contributed by atoms with Gasteiger partial charge in [-0.2, -0.15) is 0 Å². The van der Waals surface area contributed by atoms with Crippen LogP contribution in [0.2, 0.25) is 0 Å². The molecule has 0 saturated carbocycles. The Labute approximate surface area is 110 Å². The fourth-order valence-electron chi connectivity index (χ4n) is 2.75. The largest absolute Gasteiger partial charge is 0.343 e. The van der Waals surface area contributed by atoms with Crippen LogP contribution in [0.1, 0.15) is 53.9 Å². The number of piperazine rings is 1. The van der Waals surface area contributed by atoms with Crippen LogP contribution < -0.4 is 5.32 Å². The van der Waals surface area contributed by atoms with Gasteiger partial charge in [0, 0.05) is 6.04 Å². The maximum absolute atomic E-state index is 12.4. The molecule has 4 heteroatoms. The fourth-order valence-corrected chi connectivity index (χ4v) is 2.75. The van der Waals surface area contributed by atoms with Crippen molar-refractivity contribution in [3.63, 3.8) is 0 Å². The van der Waals surface area contributed by atoms with Crippen LogP contribution in [0.25, 0.3) is 0 Å². The number of rotatable bonds is 5. The number of carbonyl (C=O) groups excluding carboxylic acids is 2. The molecule has 0 spiro atoms. The van der Waals surface area contributed by atoms with Crippen molar-refractivity contribution in [2.24, 2.45) is 5.92 Å². The van der Waals surface area contributed by atoms with Crippen molar-refractivity contribution in [2.75, 3.05) is 0 Å². The first-order chi connectivity index (χ1) is 8.43. The van der Waals surface area contributed by atoms with Gasteiger partial charge < -0.3 is 10.2 Å². The Morgan fingerprint density at radius 3 is 2.33 bits per heavy atom. The van der Waals surface area contributed by atoms with E-state index in [4.69, 9.17) is 0 Å². The zero-order chi connectivity index (χ0) is 13.9. The van der Waals surface area contributed by atoms with E-state index in [2.05, 4.69) is 19.2 Å². The second-order valence-electron chi connectivity index (χ2n) is 5.52. The summed E-state index contributed by atoms with van der Waals surface area (Å²) in [5.41, 5.74) is 0. The lowest BCUT2D eigenvalue weighted by atomic mass is 9.93. The monoisotopic (exact) mass is 254 g/mol. The predicted octanol–water partition coefficient (Wildman–Crippen LogP) is 1.94. The van der Waals surface area contributed by atoms with Crippen molar-refractivity contribution in [1.29, 1.82) is 0 Å². The molecular formula is C14H26N2O2. The van der Waals surface area contributed by atoms with Gasteiger partial charge in [0.1, 0.15) is 12.1 Å². The second kappa shape index (κ2) is 6.21. The molecule has 0 bridgehead atoms. The molecule has 0 aromatic rings. The Kier molecular flexibility index (Phi) is 5.17. The molecule has 2 amide bonds. The maximum atomic E-state index is 12.4. The van der Waals surface area contributed by atoms with Crippen molar-refractivity contribution < 1.29 is 9.59 Å². The summed E-state index contributed by atoms with van der Waals surface area (Å²) in [4.78, 5) is 26.3. The summed E-state index contributed by atoms with van der Waals surface area (Å²) in [7, 11) is 0. The molecule has 1 aliphatic rings. The van der Waals surface area contributed by atoms with Crippen molar-refractivity contribution in [2.45, 2.75) is 72.0 Å². The third kappa shape index (κ3) is 2.85. The highest BCUT2D eigenvalue weighted by atomic mass is 16.2. The van der Waals surface area contributed by atoms with E-state index in [1.165, 1.54) is 0 Å². The highest BCUT2D eigenvalue weighted by Crippen LogP contribution is 2.24. The molecule has 18 heavy (non-hydrogen) atoms. The van der Waals surface area contributed by atoms with Gasteiger partial charge in [0.05, 0.1) is 0 Å². The normalized spacial score (nSPS) is 26.4. The van der Waals surface area contributed by atoms with Crippen LogP contribution in [-0.2, 0) is 9.59 Å². The zero-order valence-electron chi connectivity index (χ0n) is 12.2. The molecule has 1 aliphatic heterocycles. The molecule has 1 N–H and O–H groups in total. The summed E-state index contributed by atoms with van der Waals surface area (Å²) in [6.07, 6.45) is 2.90. The van der Waals surface area contributed by atoms with Gasteiger partial charge in [0.2, 0.25) is 11.8 Å². The molecule has 1 saturated heterocycles. The highest BCUT2D eigenvalue weighted by molar-refractivity contribution is 5.97. The van der Waals surface area contributed by atoms with E-state index in [1.54, 1.807) is 6.92 Å². The van der Waals surface area contributed by atoms with Gasteiger partial charge in [-0.3, -0.25) is 9.59 Å². The van der Waals surface area contributed by atoms with Crippen molar-refractivity contribution in [3.05, 3.63) is 0 Å². The van der Waals surface area contributed by atoms with Gasteiger partial charge >= 0.3 is 0 Å². The number of nitrogens with one attached hydrogen (secondary N) is 1. The Morgan fingerprint density at radius 2 is 1.89 bits per heavy atom. The van der Waals surface area contributed by atoms with E-state index in [0.717, 1.165) is 19.3 Å². The predicted molar refractivity (Wildman–Crippen MR) is 72.1 cm³/mol. The number of hydrogen-bond acceptors (Lipinski definition) is 2. The lowest BCUT2D eigenvalue weighted by Crippen LogP contribution is -2.66. The Hall–Kier alpha value is -1.06. The summed E-state index contributed by atoms with van der Waals surface area (Å²) in [6.45, 7) is 9.97. The van der Waals surface area contributed by atoms with Crippen LogP contribution in [0.3, 0.4) is 0 Å². The van der Waals surface area contributed by atoms with Crippen LogP contribution in [0.15, 0.2) is 0 Å². The van der Waals surface area contributed by atoms with Crippen molar-refractivity contribution >= 4 is 11.8 Å². The molecule has 1 fully saturated rings. The van der Waals surface area contributed by atoms with E-state index in [1.807, 2.05) is 18.7 Å². The van der Waals surface area contributed by atoms with Crippen LogP contribution in [0.4, 0.5) is 0 Å². The molecule has 1 rings (SSSR count). The average molecular weight is 254 g/mol. The molecular weight excluding hydrogens is 228 g/mol. The molecule has 0 radical (unpaired) electrons. The third-order valence-electron chi connectivity index (χ3n) is 3.67. The Bertz CT molecular complexity index is 315. The zero-order valence-corrected chi connectivity index (χ0v) is 12.2. The molecule has 0 aromatic heterocycles. The molecule has 4 nitrogen and oxygen atoms in total. The van der Waals surface area contributed by atoms with E-state index in [0.29, 0.717) is 0 Å². The van der Waals surface area contributed by atoms with E-state index < -0.39 is 6.04 Å². The lowest BCUT2D eigenvalue weighted by molar-refractivity contribution is -0.154. The average Bonchev–Trinajstić information content (AvgIpc) is 2.30. The number of nitrogens with zero attached hydrogens (tertiary/aromatic N) is 1. The fraction of sp³-hybridized carbons (Fsp3) is 0.857. The molecule has 104 valence electrons. The first-order valence-electron chi connectivity index (χ1n) is 7.06. The minimum Gasteiger partial charge on any atom is -0.343 e. The van der Waals surface area contributed by atoms with Gasteiger partial charge in [0.25, 0.3) is 0 Å². The summed E-state index contributed by atoms with van der Waals surface area (Å²) in [5, 5.41) is 2.78. The van der Waals surface area contributed by atoms with Gasteiger partial charge in [0.15, 0.2) is 0 Å². The minimum atomic E-state index is -0.390. The van der Waals surface area contributed by atoms with E-state index in [-0.39, 0.29) is 29.8 Å². The summed E-state index contributed by atoms with van der Waals surface area (Å²) >= 11 is 0. The van der Waals surface area contributed by atoms with E-state index in [9.17, 15) is 9.59 Å². The molecule has 3 atom stereocenters. The summed E-state index contributed by atoms with van der Waals surface area (Å²) < 4.78 is 0. The first kappa shape index (κ1) is 15.0. The summed E-state index contributed by atoms with van der Waals surface area (Å²) in [6, 6.07) is -0.521. The Balaban J connectivity index is 3.04. The van der Waals surface area contributed by atoms with E-state index >= 15 is 0 Å². The number of hydrogen-bond donors (Lipinski definition) is 1. The maximum Gasteiger partial charge on any atom is 0.245 e. The smallest absolute Gasteiger partial charge is 0.245 e. The number of amides is 2. The standard InChI is InChI=1S/C14H26N2O2/c1-6-8-11(7-2)16-12(9(3)4)13(17)15-10(5)14(16)18/h9-12H,6-8H2,1-5H3,(H,15,17). The van der Waals surface area contributed by atoms with Gasteiger partial charge in [-0.15, -0.1) is 0 Å². The lowest BCUT2D eigenvalue weighted by Gasteiger charge is -2.44. The highest BCUT2D eigenvalue weighted by Gasteiger charge is 2.42. The van der Waals surface area contributed by atoms with Crippen molar-refractivity contribution in [3.8, 4) is 0 Å². The van der Waals surface area contributed by atoms with Gasteiger partial charge in [-0.25, -0.2) is 0 Å².